The molecule has 0 fully saturated rings. The molecule has 3 nitrogen and oxygen atoms in total. The van der Waals surface area contributed by atoms with Crippen LogP contribution < -0.4 is 5.32 Å². The van der Waals surface area contributed by atoms with E-state index in [1.165, 1.54) is 11.5 Å². The number of alkyl halides is 3. The molecule has 1 N–H and O–H groups in total. The molecule has 0 amide bonds. The van der Waals surface area contributed by atoms with E-state index >= 15 is 0 Å². The maximum absolute atomic E-state index is 11.7. The molecule has 0 aliphatic heterocycles. The predicted molar refractivity (Wildman–Crippen MR) is 46.9 cm³/mol. The molecule has 0 saturated carbocycles. The number of rotatable bonds is 5. The molecule has 1 aromatic heterocycles. The highest BCUT2D eigenvalue weighted by Crippen LogP contribution is 2.20. The SMILES string of the molecule is FC(F)(F)CCCNCc1csnn1. The zero-order chi connectivity index (χ0) is 10.4. The van der Waals surface area contributed by atoms with Gasteiger partial charge in [0.25, 0.3) is 0 Å². The Bertz CT molecular complexity index is 247. The summed E-state index contributed by atoms with van der Waals surface area (Å²) in [6.07, 6.45) is -4.69. The van der Waals surface area contributed by atoms with Crippen LogP contribution in [0.3, 0.4) is 0 Å². The van der Waals surface area contributed by atoms with Crippen molar-refractivity contribution in [2.24, 2.45) is 0 Å². The highest BCUT2D eigenvalue weighted by atomic mass is 32.1. The summed E-state index contributed by atoms with van der Waals surface area (Å²) in [4.78, 5) is 0. The second-order valence-electron chi connectivity index (χ2n) is 2.79. The van der Waals surface area contributed by atoms with Crippen LogP contribution in [0.2, 0.25) is 0 Å². The third kappa shape index (κ3) is 5.13. The molecule has 0 aliphatic carbocycles. The third-order valence-electron chi connectivity index (χ3n) is 1.53. The van der Waals surface area contributed by atoms with Gasteiger partial charge in [0.2, 0.25) is 0 Å². The number of nitrogens with one attached hydrogen (secondary N) is 1. The lowest BCUT2D eigenvalue weighted by Gasteiger charge is -2.05. The first-order valence-corrected chi connectivity index (χ1v) is 4.95. The Morgan fingerprint density at radius 3 is 2.79 bits per heavy atom. The van der Waals surface area contributed by atoms with Gasteiger partial charge in [-0.1, -0.05) is 4.49 Å². The summed E-state index contributed by atoms with van der Waals surface area (Å²) in [7, 11) is 0. The first kappa shape index (κ1) is 11.4. The molecule has 0 aliphatic rings. The van der Waals surface area contributed by atoms with E-state index in [-0.39, 0.29) is 6.42 Å². The van der Waals surface area contributed by atoms with Crippen molar-refractivity contribution in [1.29, 1.82) is 0 Å². The summed E-state index contributed by atoms with van der Waals surface area (Å²) < 4.78 is 38.8. The fraction of sp³-hybridized carbons (Fsp3) is 0.714. The quantitative estimate of drug-likeness (QED) is 0.778. The fourth-order valence-corrected chi connectivity index (χ4v) is 1.34. The number of aromatic nitrogens is 2. The molecular weight excluding hydrogens is 215 g/mol. The smallest absolute Gasteiger partial charge is 0.311 e. The van der Waals surface area contributed by atoms with Crippen molar-refractivity contribution in [3.63, 3.8) is 0 Å². The molecule has 0 saturated heterocycles. The monoisotopic (exact) mass is 225 g/mol. The largest absolute Gasteiger partial charge is 0.389 e. The van der Waals surface area contributed by atoms with Gasteiger partial charge < -0.3 is 5.32 Å². The lowest BCUT2D eigenvalue weighted by atomic mass is 10.3. The summed E-state index contributed by atoms with van der Waals surface area (Å²) in [5.74, 6) is 0. The molecule has 0 spiro atoms. The van der Waals surface area contributed by atoms with Crippen molar-refractivity contribution >= 4 is 11.5 Å². The molecule has 1 aromatic rings. The van der Waals surface area contributed by atoms with Crippen LogP contribution in [-0.4, -0.2) is 22.3 Å². The minimum Gasteiger partial charge on any atom is -0.311 e. The Hall–Kier alpha value is -0.690. The van der Waals surface area contributed by atoms with Crippen molar-refractivity contribution in [1.82, 2.24) is 14.9 Å². The van der Waals surface area contributed by atoms with E-state index in [1.807, 2.05) is 0 Å². The van der Waals surface area contributed by atoms with Crippen LogP contribution in [0.1, 0.15) is 18.5 Å². The van der Waals surface area contributed by atoms with Crippen LogP contribution in [0.4, 0.5) is 13.2 Å². The van der Waals surface area contributed by atoms with E-state index in [2.05, 4.69) is 14.9 Å². The van der Waals surface area contributed by atoms with Gasteiger partial charge in [-0.2, -0.15) is 13.2 Å². The van der Waals surface area contributed by atoms with Crippen molar-refractivity contribution in [3.8, 4) is 0 Å². The number of nitrogens with zero attached hydrogens (tertiary/aromatic N) is 2. The van der Waals surface area contributed by atoms with Gasteiger partial charge in [0.05, 0.1) is 5.69 Å². The minimum absolute atomic E-state index is 0.0983. The molecule has 0 atom stereocenters. The molecule has 0 radical (unpaired) electrons. The summed E-state index contributed by atoms with van der Waals surface area (Å²) in [5, 5.41) is 8.37. The van der Waals surface area contributed by atoms with Gasteiger partial charge in [-0.15, -0.1) is 5.10 Å². The Balaban J connectivity index is 2.00. The maximum Gasteiger partial charge on any atom is 0.389 e. The second kappa shape index (κ2) is 5.26. The van der Waals surface area contributed by atoms with Crippen molar-refractivity contribution in [3.05, 3.63) is 11.1 Å². The van der Waals surface area contributed by atoms with E-state index < -0.39 is 12.6 Å². The molecule has 0 unspecified atom stereocenters. The molecular formula is C7H10F3N3S. The van der Waals surface area contributed by atoms with Crippen LogP contribution in [0, 0.1) is 0 Å². The van der Waals surface area contributed by atoms with Crippen LogP contribution in [0.5, 0.6) is 0 Å². The lowest BCUT2D eigenvalue weighted by molar-refractivity contribution is -0.135. The highest BCUT2D eigenvalue weighted by molar-refractivity contribution is 7.03. The summed E-state index contributed by atoms with van der Waals surface area (Å²) in [5.41, 5.74) is 0.766. The molecule has 0 aromatic carbocycles. The van der Waals surface area contributed by atoms with E-state index in [0.29, 0.717) is 13.1 Å². The second-order valence-corrected chi connectivity index (χ2v) is 3.40. The Morgan fingerprint density at radius 2 is 2.21 bits per heavy atom. The van der Waals surface area contributed by atoms with E-state index in [4.69, 9.17) is 0 Å². The first-order valence-electron chi connectivity index (χ1n) is 4.11. The van der Waals surface area contributed by atoms with E-state index in [9.17, 15) is 13.2 Å². The highest BCUT2D eigenvalue weighted by Gasteiger charge is 2.25. The zero-order valence-corrected chi connectivity index (χ0v) is 8.16. The van der Waals surface area contributed by atoms with Crippen LogP contribution in [0.25, 0.3) is 0 Å². The topological polar surface area (TPSA) is 37.8 Å². The van der Waals surface area contributed by atoms with Gasteiger partial charge in [0.15, 0.2) is 0 Å². The average Bonchev–Trinajstić information content (AvgIpc) is 2.54. The Morgan fingerprint density at radius 1 is 1.43 bits per heavy atom. The molecule has 0 bridgehead atoms. The normalized spacial score (nSPS) is 11.9. The molecule has 7 heteroatoms. The van der Waals surface area contributed by atoms with Gasteiger partial charge in [-0.3, -0.25) is 0 Å². The van der Waals surface area contributed by atoms with E-state index in [1.54, 1.807) is 5.38 Å². The van der Waals surface area contributed by atoms with Gasteiger partial charge in [-0.25, -0.2) is 0 Å². The average molecular weight is 225 g/mol. The standard InChI is InChI=1S/C7H10F3N3S/c8-7(9,10)2-1-3-11-4-6-5-14-13-12-6/h5,11H,1-4H2. The van der Waals surface area contributed by atoms with Crippen molar-refractivity contribution < 1.29 is 13.2 Å². The van der Waals surface area contributed by atoms with E-state index in [0.717, 1.165) is 5.69 Å². The van der Waals surface area contributed by atoms with Gasteiger partial charge in [-0.05, 0) is 24.5 Å². The predicted octanol–water partition coefficient (Wildman–Crippen LogP) is 1.97. The Labute approximate surface area is 83.5 Å². The van der Waals surface area contributed by atoms with Crippen molar-refractivity contribution in [2.45, 2.75) is 25.6 Å². The van der Waals surface area contributed by atoms with Crippen LogP contribution >= 0.6 is 11.5 Å². The zero-order valence-electron chi connectivity index (χ0n) is 7.34. The fourth-order valence-electron chi connectivity index (χ4n) is 0.891. The molecule has 1 rings (SSSR count). The van der Waals surface area contributed by atoms with Crippen molar-refractivity contribution in [2.75, 3.05) is 6.54 Å². The maximum atomic E-state index is 11.7. The Kier molecular flexibility index (Phi) is 4.27. The first-order chi connectivity index (χ1) is 6.58. The van der Waals surface area contributed by atoms with Crippen LogP contribution in [0.15, 0.2) is 5.38 Å². The number of halogens is 3. The van der Waals surface area contributed by atoms with Gasteiger partial charge >= 0.3 is 6.18 Å². The van der Waals surface area contributed by atoms with Gasteiger partial charge in [0, 0.05) is 18.3 Å². The summed E-state index contributed by atoms with van der Waals surface area (Å²) in [6, 6.07) is 0. The molecule has 80 valence electrons. The summed E-state index contributed by atoms with van der Waals surface area (Å²) >= 11 is 1.23. The van der Waals surface area contributed by atoms with Gasteiger partial charge in [0.1, 0.15) is 0 Å². The lowest BCUT2D eigenvalue weighted by Crippen LogP contribution is -2.17. The number of hydrogen-bond acceptors (Lipinski definition) is 4. The molecule has 1 heterocycles. The minimum atomic E-state index is -4.05. The van der Waals surface area contributed by atoms with Crippen LogP contribution in [-0.2, 0) is 6.54 Å². The third-order valence-corrected chi connectivity index (χ3v) is 2.08. The molecule has 14 heavy (non-hydrogen) atoms. The summed E-state index contributed by atoms with van der Waals surface area (Å²) in [6.45, 7) is 0.825. The number of hydrogen-bond donors (Lipinski definition) is 1.